The van der Waals surface area contributed by atoms with Gasteiger partial charge in [-0.15, -0.1) is 0 Å². The van der Waals surface area contributed by atoms with Crippen LogP contribution in [0.1, 0.15) is 499 Å². The molecule has 0 aromatic heterocycles. The SMILES string of the molecule is CCCCCC(CCCCC)CCOC(=O)CCCCCCCCC(CCCCCCCCC(=O)OCCC(CCCCC)CC(CCC)C(C)CCCC(CCCCC)CCOC(=O)CCCCCCCC1(CCCCCCCC(=O)OCCC(CCCCC)CCCCC)OCC(CN(C)C(C)C)O1)OC(=O)CN1CCCCC1. The molecule has 0 amide bonds. The number of hydrogen-bond donors (Lipinski definition) is 0. The fourth-order valence-corrected chi connectivity index (χ4v) is 18.3. The van der Waals surface area contributed by atoms with Crippen molar-refractivity contribution in [1.29, 1.82) is 0 Å². The summed E-state index contributed by atoms with van der Waals surface area (Å²) in [5.41, 5.74) is 0. The van der Waals surface area contributed by atoms with Crippen LogP contribution >= 0.6 is 0 Å². The summed E-state index contributed by atoms with van der Waals surface area (Å²) in [6, 6.07) is 0.451. The second-order valence-corrected chi connectivity index (χ2v) is 37.5. The van der Waals surface area contributed by atoms with Gasteiger partial charge >= 0.3 is 29.8 Å². The Labute approximate surface area is 718 Å². The molecule has 0 aromatic carbocycles. The quantitative estimate of drug-likeness (QED) is 0.0322. The molecule has 14 heteroatoms. The number of unbranched alkanes of at least 4 members (excludes halogenated alkanes) is 30. The Kier molecular flexibility index (Phi) is 72.6. The number of nitrogens with zero attached hydrogens (tertiary/aromatic N) is 2. The van der Waals surface area contributed by atoms with E-state index >= 15 is 0 Å². The lowest BCUT2D eigenvalue weighted by molar-refractivity contribution is -0.181. The minimum absolute atomic E-state index is 0.0253. The molecule has 0 radical (unpaired) electrons. The molecule has 0 bridgehead atoms. The van der Waals surface area contributed by atoms with Crippen molar-refractivity contribution < 1.29 is 57.1 Å². The maximum atomic E-state index is 13.2. The fraction of sp³-hybridized carbons (Fsp3) is 0.951. The largest absolute Gasteiger partial charge is 0.466 e. The minimum atomic E-state index is -0.521. The molecule has 2 saturated heterocycles. The van der Waals surface area contributed by atoms with E-state index in [1.807, 2.05) is 0 Å². The predicted octanol–water partition coefficient (Wildman–Crippen LogP) is 28.8. The number of carbonyl (C=O) groups excluding carboxylic acids is 5. The molecule has 684 valence electrons. The van der Waals surface area contributed by atoms with Crippen LogP contribution in [-0.2, 0) is 57.1 Å². The van der Waals surface area contributed by atoms with Gasteiger partial charge < -0.3 is 38.1 Å². The monoisotopic (exact) mass is 1640 g/mol. The Morgan fingerprint density at radius 2 is 0.698 bits per heavy atom. The molecule has 0 N–H and O–H groups in total. The van der Waals surface area contributed by atoms with Crippen molar-refractivity contribution >= 4 is 29.8 Å². The summed E-state index contributed by atoms with van der Waals surface area (Å²) in [5, 5.41) is 0. The van der Waals surface area contributed by atoms with E-state index in [-0.39, 0.29) is 42.1 Å². The summed E-state index contributed by atoms with van der Waals surface area (Å²) in [6.45, 7) is 29.1. The van der Waals surface area contributed by atoms with Crippen molar-refractivity contribution in [3.63, 3.8) is 0 Å². The van der Waals surface area contributed by atoms with E-state index in [1.165, 1.54) is 199 Å². The molecule has 7 unspecified atom stereocenters. The highest BCUT2D eigenvalue weighted by atomic mass is 16.7. The van der Waals surface area contributed by atoms with Crippen molar-refractivity contribution in [1.82, 2.24) is 9.80 Å². The zero-order valence-corrected chi connectivity index (χ0v) is 78.7. The number of ether oxygens (including phenoxy) is 7. The molecule has 7 atom stereocenters. The van der Waals surface area contributed by atoms with E-state index in [0.29, 0.717) is 107 Å². The average molecular weight is 1640 g/mol. The lowest BCUT2D eigenvalue weighted by Gasteiger charge is -2.30. The Balaban J connectivity index is 1.73. The van der Waals surface area contributed by atoms with Crippen LogP contribution in [0.2, 0.25) is 0 Å². The third-order valence-electron chi connectivity index (χ3n) is 26.4. The zero-order chi connectivity index (χ0) is 84.4. The van der Waals surface area contributed by atoms with Crippen LogP contribution in [-0.4, -0.2) is 130 Å². The van der Waals surface area contributed by atoms with Gasteiger partial charge in [-0.25, -0.2) is 0 Å². The normalized spacial score (nSPS) is 16.7. The van der Waals surface area contributed by atoms with Gasteiger partial charge in [0, 0.05) is 51.1 Å². The highest BCUT2D eigenvalue weighted by Crippen LogP contribution is 2.37. The minimum Gasteiger partial charge on any atom is -0.466 e. The molecule has 2 fully saturated rings. The van der Waals surface area contributed by atoms with Crippen LogP contribution in [0.5, 0.6) is 0 Å². The maximum absolute atomic E-state index is 13.2. The molecular formula is C102H194N2O12. The van der Waals surface area contributed by atoms with E-state index in [0.717, 1.165) is 225 Å². The first-order chi connectivity index (χ1) is 56.5. The highest BCUT2D eigenvalue weighted by Gasteiger charge is 2.41. The molecule has 2 heterocycles. The van der Waals surface area contributed by atoms with Crippen molar-refractivity contribution in [2.75, 3.05) is 66.3 Å². The van der Waals surface area contributed by atoms with Gasteiger partial charge in [0.05, 0.1) is 45.7 Å². The molecule has 0 saturated carbocycles. The van der Waals surface area contributed by atoms with Crippen molar-refractivity contribution in [3.05, 3.63) is 0 Å². The number of hydrogen-bond acceptors (Lipinski definition) is 14. The van der Waals surface area contributed by atoms with E-state index in [9.17, 15) is 24.0 Å². The third-order valence-corrected chi connectivity index (χ3v) is 26.4. The van der Waals surface area contributed by atoms with E-state index in [1.54, 1.807) is 0 Å². The topological polar surface area (TPSA) is 156 Å². The number of likely N-dealkylation sites (N-methyl/N-ethyl adjacent to an activating group) is 1. The average Bonchev–Trinajstić information content (AvgIpc) is 1.69. The smallest absolute Gasteiger partial charge is 0.320 e. The third kappa shape index (κ3) is 62.3. The van der Waals surface area contributed by atoms with Crippen molar-refractivity contribution in [3.8, 4) is 0 Å². The summed E-state index contributed by atoms with van der Waals surface area (Å²) in [7, 11) is 2.17. The van der Waals surface area contributed by atoms with Gasteiger partial charge in [0.15, 0.2) is 5.79 Å². The lowest BCUT2D eigenvalue weighted by atomic mass is 9.77. The fourth-order valence-electron chi connectivity index (χ4n) is 18.3. The molecule has 116 heavy (non-hydrogen) atoms. The van der Waals surface area contributed by atoms with Gasteiger partial charge in [-0.1, -0.05) is 338 Å². The van der Waals surface area contributed by atoms with Gasteiger partial charge in [0.25, 0.3) is 0 Å². The van der Waals surface area contributed by atoms with E-state index in [2.05, 4.69) is 86.1 Å². The van der Waals surface area contributed by atoms with E-state index in [4.69, 9.17) is 33.2 Å². The summed E-state index contributed by atoms with van der Waals surface area (Å²) in [5.74, 6) is 3.14. The highest BCUT2D eigenvalue weighted by molar-refractivity contribution is 5.72. The second-order valence-electron chi connectivity index (χ2n) is 37.5. The molecule has 2 aliphatic heterocycles. The van der Waals surface area contributed by atoms with Gasteiger partial charge in [0.2, 0.25) is 0 Å². The van der Waals surface area contributed by atoms with Crippen molar-refractivity contribution in [2.45, 2.75) is 523 Å². The summed E-state index contributed by atoms with van der Waals surface area (Å²) >= 11 is 0. The van der Waals surface area contributed by atoms with Crippen LogP contribution in [0.3, 0.4) is 0 Å². The molecule has 0 aliphatic carbocycles. The first kappa shape index (κ1) is 109. The number of rotatable bonds is 85. The number of esters is 5. The van der Waals surface area contributed by atoms with Crippen LogP contribution in [0.15, 0.2) is 0 Å². The van der Waals surface area contributed by atoms with Gasteiger partial charge in [-0.05, 0) is 179 Å². The zero-order valence-electron chi connectivity index (χ0n) is 78.7. The van der Waals surface area contributed by atoms with Crippen LogP contribution < -0.4 is 0 Å². The number of carbonyl (C=O) groups is 5. The summed E-state index contributed by atoms with van der Waals surface area (Å²) in [4.78, 5) is 69.3. The Bertz CT molecular complexity index is 2230. The maximum Gasteiger partial charge on any atom is 0.320 e. The number of piperidine rings is 1. The molecule has 0 aromatic rings. The van der Waals surface area contributed by atoms with Crippen molar-refractivity contribution in [2.24, 2.45) is 35.5 Å². The first-order valence-corrected chi connectivity index (χ1v) is 51.1. The van der Waals surface area contributed by atoms with Gasteiger partial charge in [-0.3, -0.25) is 28.9 Å². The standard InChI is InChI=1S/C102H194N2O12/c1-12-19-40-59-90(60-41-20-13-2)72-80-110-97(105)68-48-33-27-25-31-46-66-95(115-101(109)86-104-78-54-39-55-79-104)67-47-32-26-28-34-49-69-100(108)113-83-75-93(64-45-24-17-6)84-94(57-18-7)89(10)58-56-65-92(63-44-23-16-5)74-82-112-99(107)71-51-36-30-38-53-77-102(114-87-96(116-102)85-103(11)88(8)9)76-52-37-29-35-50-70-98(106)111-81-73-91(61-42-21-14-3)62-43-22-15-4/h88-96H,12-87H2,1-11H3. The molecule has 14 nitrogen and oxygen atoms in total. The molecule has 2 aliphatic rings. The van der Waals surface area contributed by atoms with Crippen LogP contribution in [0.25, 0.3) is 0 Å². The van der Waals surface area contributed by atoms with Gasteiger partial charge in [-0.2, -0.15) is 0 Å². The molecule has 0 spiro atoms. The lowest BCUT2D eigenvalue weighted by Crippen LogP contribution is -2.37. The molecule has 2 rings (SSSR count). The van der Waals surface area contributed by atoms with Gasteiger partial charge in [0.1, 0.15) is 6.10 Å². The molecular weight excluding hydrogens is 1450 g/mol. The number of likely N-dealkylation sites (tertiary alicyclic amines) is 1. The van der Waals surface area contributed by atoms with E-state index < -0.39 is 5.79 Å². The Hall–Kier alpha value is -2.81. The Morgan fingerprint density at radius 3 is 1.07 bits per heavy atom. The summed E-state index contributed by atoms with van der Waals surface area (Å²) < 4.78 is 43.0. The first-order valence-electron chi connectivity index (χ1n) is 51.1. The second kappa shape index (κ2) is 77.0. The Morgan fingerprint density at radius 1 is 0.362 bits per heavy atom. The van der Waals surface area contributed by atoms with Crippen LogP contribution in [0.4, 0.5) is 0 Å². The predicted molar refractivity (Wildman–Crippen MR) is 487 cm³/mol. The van der Waals surface area contributed by atoms with Crippen LogP contribution in [0, 0.1) is 35.5 Å². The summed E-state index contributed by atoms with van der Waals surface area (Å²) in [6.07, 6.45) is 74.0.